The van der Waals surface area contributed by atoms with Crippen LogP contribution in [0, 0.1) is 0 Å². The summed E-state index contributed by atoms with van der Waals surface area (Å²) in [5.41, 5.74) is 0.597. The zero-order valence-electron chi connectivity index (χ0n) is 9.80. The molecule has 4 nitrogen and oxygen atoms in total. The molecule has 94 valence electrons. The van der Waals surface area contributed by atoms with Gasteiger partial charge in [-0.2, -0.15) is 0 Å². The van der Waals surface area contributed by atoms with Gasteiger partial charge in [-0.1, -0.05) is 11.6 Å². The molecule has 2 heterocycles. The molecule has 5 heteroatoms. The number of imide groups is 1. The molecule has 0 aliphatic carbocycles. The van der Waals surface area contributed by atoms with Gasteiger partial charge in [0, 0.05) is 24.0 Å². The van der Waals surface area contributed by atoms with E-state index >= 15 is 0 Å². The van der Waals surface area contributed by atoms with Crippen LogP contribution in [-0.2, 0) is 4.79 Å². The van der Waals surface area contributed by atoms with Gasteiger partial charge >= 0.3 is 6.03 Å². The van der Waals surface area contributed by atoms with Gasteiger partial charge in [0.1, 0.15) is 0 Å². The van der Waals surface area contributed by atoms with Crippen molar-refractivity contribution in [2.75, 3.05) is 11.4 Å². The Kier molecular flexibility index (Phi) is 2.74. The average molecular weight is 265 g/mol. The Labute approximate surface area is 110 Å². The predicted molar refractivity (Wildman–Crippen MR) is 68.7 cm³/mol. The Hall–Kier alpha value is -1.55. The Balaban J connectivity index is 1.93. The molecule has 3 rings (SSSR count). The van der Waals surface area contributed by atoms with E-state index in [0.717, 1.165) is 19.4 Å². The topological polar surface area (TPSA) is 40.6 Å². The Morgan fingerprint density at radius 3 is 2.61 bits per heavy atom. The molecule has 3 amide bonds. The largest absolute Gasteiger partial charge is 0.331 e. The summed E-state index contributed by atoms with van der Waals surface area (Å²) in [5, 5.41) is 0.592. The minimum atomic E-state index is -0.198. The molecule has 0 radical (unpaired) electrons. The average Bonchev–Trinajstić information content (AvgIpc) is 2.80. The van der Waals surface area contributed by atoms with Crippen molar-refractivity contribution < 1.29 is 9.59 Å². The lowest BCUT2D eigenvalue weighted by Crippen LogP contribution is -2.54. The SMILES string of the molecule is O=C1CC2CCCN2C(=O)N1c1ccc(Cl)cc1. The first-order chi connectivity index (χ1) is 8.66. The molecule has 0 spiro atoms. The van der Waals surface area contributed by atoms with E-state index in [9.17, 15) is 9.59 Å². The molecule has 1 unspecified atom stereocenters. The lowest BCUT2D eigenvalue weighted by atomic mass is 10.1. The van der Waals surface area contributed by atoms with Gasteiger partial charge in [0.25, 0.3) is 0 Å². The van der Waals surface area contributed by atoms with Crippen LogP contribution in [0.1, 0.15) is 19.3 Å². The van der Waals surface area contributed by atoms with Crippen LogP contribution in [0.2, 0.25) is 5.02 Å². The summed E-state index contributed by atoms with van der Waals surface area (Å²) in [7, 11) is 0. The molecular formula is C13H13ClN2O2. The van der Waals surface area contributed by atoms with Gasteiger partial charge in [-0.15, -0.1) is 0 Å². The van der Waals surface area contributed by atoms with Crippen LogP contribution in [0.5, 0.6) is 0 Å². The third-order valence-electron chi connectivity index (χ3n) is 3.56. The van der Waals surface area contributed by atoms with Crippen molar-refractivity contribution in [2.24, 2.45) is 0 Å². The minimum absolute atomic E-state index is 0.105. The van der Waals surface area contributed by atoms with Crippen molar-refractivity contribution in [1.82, 2.24) is 4.90 Å². The standard InChI is InChI=1S/C13H13ClN2O2/c14-9-3-5-10(6-4-9)16-12(17)8-11-2-1-7-15(11)13(16)18/h3-6,11H,1-2,7-8H2. The molecule has 18 heavy (non-hydrogen) atoms. The van der Waals surface area contributed by atoms with Gasteiger partial charge in [-0.25, -0.2) is 9.69 Å². The maximum absolute atomic E-state index is 12.3. The van der Waals surface area contributed by atoms with Gasteiger partial charge in [0.15, 0.2) is 0 Å². The summed E-state index contributed by atoms with van der Waals surface area (Å²) in [5.74, 6) is -0.120. The second-order valence-electron chi connectivity index (χ2n) is 4.68. The van der Waals surface area contributed by atoms with Crippen molar-refractivity contribution in [1.29, 1.82) is 0 Å². The fourth-order valence-electron chi connectivity index (χ4n) is 2.67. The first-order valence-electron chi connectivity index (χ1n) is 6.06. The van der Waals surface area contributed by atoms with Crippen LogP contribution in [0.4, 0.5) is 10.5 Å². The van der Waals surface area contributed by atoms with Gasteiger partial charge < -0.3 is 4.90 Å². The maximum Gasteiger partial charge on any atom is 0.331 e. The first-order valence-corrected chi connectivity index (χ1v) is 6.44. The number of anilines is 1. The fraction of sp³-hybridized carbons (Fsp3) is 0.385. The number of rotatable bonds is 1. The lowest BCUT2D eigenvalue weighted by molar-refractivity contribution is -0.119. The van der Waals surface area contributed by atoms with E-state index in [1.54, 1.807) is 29.2 Å². The van der Waals surface area contributed by atoms with Crippen LogP contribution < -0.4 is 4.90 Å². The summed E-state index contributed by atoms with van der Waals surface area (Å²) in [6, 6.07) is 6.69. The van der Waals surface area contributed by atoms with E-state index in [1.807, 2.05) is 0 Å². The number of benzene rings is 1. The molecule has 1 aromatic rings. The van der Waals surface area contributed by atoms with Crippen LogP contribution in [0.15, 0.2) is 24.3 Å². The van der Waals surface area contributed by atoms with Gasteiger partial charge in [0.05, 0.1) is 5.69 Å². The zero-order valence-corrected chi connectivity index (χ0v) is 10.6. The van der Waals surface area contributed by atoms with E-state index < -0.39 is 0 Å². The summed E-state index contributed by atoms with van der Waals surface area (Å²) >= 11 is 5.81. The Morgan fingerprint density at radius 2 is 1.89 bits per heavy atom. The zero-order chi connectivity index (χ0) is 12.7. The molecule has 0 bridgehead atoms. The first kappa shape index (κ1) is 11.5. The number of hydrogen-bond acceptors (Lipinski definition) is 2. The molecule has 0 saturated carbocycles. The number of amides is 3. The highest BCUT2D eigenvalue weighted by Gasteiger charge is 2.41. The molecule has 2 fully saturated rings. The Bertz CT molecular complexity index is 500. The summed E-state index contributed by atoms with van der Waals surface area (Å²) in [6.07, 6.45) is 2.35. The minimum Gasteiger partial charge on any atom is -0.320 e. The number of carbonyl (C=O) groups excluding carboxylic acids is 2. The normalized spacial score (nSPS) is 23.5. The number of hydrogen-bond donors (Lipinski definition) is 0. The third-order valence-corrected chi connectivity index (χ3v) is 3.81. The fourth-order valence-corrected chi connectivity index (χ4v) is 2.80. The second kappa shape index (κ2) is 4.28. The number of nitrogens with zero attached hydrogens (tertiary/aromatic N) is 2. The molecule has 0 aromatic heterocycles. The third kappa shape index (κ3) is 1.77. The highest BCUT2D eigenvalue weighted by Crippen LogP contribution is 2.30. The summed E-state index contributed by atoms with van der Waals surface area (Å²) < 4.78 is 0. The van der Waals surface area contributed by atoms with E-state index in [1.165, 1.54) is 4.90 Å². The molecule has 1 aromatic carbocycles. The predicted octanol–water partition coefficient (Wildman–Crippen LogP) is 2.66. The van der Waals surface area contributed by atoms with E-state index in [-0.39, 0.29) is 18.0 Å². The van der Waals surface area contributed by atoms with Gasteiger partial charge in [-0.3, -0.25) is 4.79 Å². The molecule has 2 aliphatic heterocycles. The van der Waals surface area contributed by atoms with Crippen molar-refractivity contribution in [3.8, 4) is 0 Å². The van der Waals surface area contributed by atoms with Crippen LogP contribution >= 0.6 is 11.6 Å². The highest BCUT2D eigenvalue weighted by molar-refractivity contribution is 6.30. The van der Waals surface area contributed by atoms with Crippen LogP contribution in [0.25, 0.3) is 0 Å². The molecule has 0 N–H and O–H groups in total. The van der Waals surface area contributed by atoms with Crippen molar-refractivity contribution >= 4 is 29.2 Å². The van der Waals surface area contributed by atoms with Crippen LogP contribution in [0.3, 0.4) is 0 Å². The van der Waals surface area contributed by atoms with Crippen molar-refractivity contribution in [2.45, 2.75) is 25.3 Å². The summed E-state index contributed by atoms with van der Waals surface area (Å²) in [6.45, 7) is 0.751. The van der Waals surface area contributed by atoms with Gasteiger partial charge in [0.2, 0.25) is 5.91 Å². The van der Waals surface area contributed by atoms with E-state index in [0.29, 0.717) is 17.1 Å². The van der Waals surface area contributed by atoms with Gasteiger partial charge in [-0.05, 0) is 37.1 Å². The quantitative estimate of drug-likeness (QED) is 0.782. The lowest BCUT2D eigenvalue weighted by Gasteiger charge is -2.36. The molecule has 1 atom stereocenters. The smallest absolute Gasteiger partial charge is 0.320 e. The molecule has 2 saturated heterocycles. The summed E-state index contributed by atoms with van der Waals surface area (Å²) in [4.78, 5) is 27.4. The number of fused-ring (bicyclic) bond motifs is 1. The second-order valence-corrected chi connectivity index (χ2v) is 5.12. The molecule has 2 aliphatic rings. The van der Waals surface area contributed by atoms with E-state index in [4.69, 9.17) is 11.6 Å². The van der Waals surface area contributed by atoms with Crippen LogP contribution in [-0.4, -0.2) is 29.4 Å². The number of carbonyl (C=O) groups is 2. The number of urea groups is 1. The number of halogens is 1. The van der Waals surface area contributed by atoms with E-state index in [2.05, 4.69) is 0 Å². The monoisotopic (exact) mass is 264 g/mol. The van der Waals surface area contributed by atoms with Crippen molar-refractivity contribution in [3.05, 3.63) is 29.3 Å². The van der Waals surface area contributed by atoms with Crippen molar-refractivity contribution in [3.63, 3.8) is 0 Å². The Morgan fingerprint density at radius 1 is 1.17 bits per heavy atom. The molecular weight excluding hydrogens is 252 g/mol. The highest BCUT2D eigenvalue weighted by atomic mass is 35.5. The maximum atomic E-state index is 12.3.